The summed E-state index contributed by atoms with van der Waals surface area (Å²) in [4.78, 5) is 14.7. The van der Waals surface area contributed by atoms with Gasteiger partial charge in [-0.05, 0) is 58.7 Å². The lowest BCUT2D eigenvalue weighted by atomic mass is 10.0. The van der Waals surface area contributed by atoms with Crippen LogP contribution in [0, 0.1) is 0 Å². The molecule has 9 heteroatoms. The highest BCUT2D eigenvalue weighted by molar-refractivity contribution is 7.99. The van der Waals surface area contributed by atoms with Crippen LogP contribution in [0.1, 0.15) is 37.8 Å². The number of rotatable bonds is 8. The van der Waals surface area contributed by atoms with Crippen LogP contribution in [-0.4, -0.2) is 56.5 Å². The van der Waals surface area contributed by atoms with E-state index in [0.29, 0.717) is 37.4 Å². The molecule has 0 aliphatic carbocycles. The molecule has 1 aliphatic heterocycles. The van der Waals surface area contributed by atoms with E-state index in [1.807, 2.05) is 42.2 Å². The van der Waals surface area contributed by atoms with Crippen molar-refractivity contribution < 1.29 is 14.3 Å². The summed E-state index contributed by atoms with van der Waals surface area (Å²) in [5.41, 5.74) is 3.13. The smallest absolute Gasteiger partial charge is 0.233 e. The number of hydrogen-bond acceptors (Lipinski definition) is 7. The Bertz CT molecular complexity index is 1070. The highest BCUT2D eigenvalue weighted by atomic mass is 32.2. The standard InChI is InChI=1S/C23H27N5O3S/c1-4-27(14-17-5-10-20-21(13-17)31-12-11-30-20)22(29)15-32-23-24-25-26-28(23)19-8-6-18(7-9-19)16(2)3/h5-10,13,16H,4,11-12,14-15H2,1-3H3. The average molecular weight is 454 g/mol. The number of tetrazole rings is 1. The molecule has 4 rings (SSSR count). The molecule has 0 saturated heterocycles. The van der Waals surface area contributed by atoms with Crippen molar-refractivity contribution in [2.24, 2.45) is 0 Å². The van der Waals surface area contributed by atoms with Gasteiger partial charge in [0.2, 0.25) is 11.1 Å². The van der Waals surface area contributed by atoms with Gasteiger partial charge in [0.05, 0.1) is 11.4 Å². The third-order valence-corrected chi connectivity index (χ3v) is 6.19. The van der Waals surface area contributed by atoms with Crippen LogP contribution < -0.4 is 9.47 Å². The highest BCUT2D eigenvalue weighted by Gasteiger charge is 2.18. The number of ether oxygens (including phenoxy) is 2. The van der Waals surface area contributed by atoms with Gasteiger partial charge in [0, 0.05) is 13.1 Å². The van der Waals surface area contributed by atoms with Crippen molar-refractivity contribution in [2.75, 3.05) is 25.5 Å². The van der Waals surface area contributed by atoms with E-state index in [1.54, 1.807) is 4.68 Å². The second-order valence-electron chi connectivity index (χ2n) is 7.79. The molecule has 0 bridgehead atoms. The van der Waals surface area contributed by atoms with Gasteiger partial charge in [-0.25, -0.2) is 0 Å². The zero-order valence-corrected chi connectivity index (χ0v) is 19.3. The van der Waals surface area contributed by atoms with Crippen LogP contribution in [0.5, 0.6) is 11.5 Å². The SMILES string of the molecule is CCN(Cc1ccc2c(c1)OCCO2)C(=O)CSc1nnnn1-c1ccc(C(C)C)cc1. The number of carbonyl (C=O) groups excluding carboxylic acids is 1. The summed E-state index contributed by atoms with van der Waals surface area (Å²) >= 11 is 1.34. The molecular weight excluding hydrogens is 426 g/mol. The van der Waals surface area contributed by atoms with Crippen LogP contribution >= 0.6 is 11.8 Å². The van der Waals surface area contributed by atoms with Gasteiger partial charge in [0.1, 0.15) is 13.2 Å². The number of benzene rings is 2. The number of thioether (sulfide) groups is 1. The summed E-state index contributed by atoms with van der Waals surface area (Å²) in [7, 11) is 0. The molecule has 0 N–H and O–H groups in total. The van der Waals surface area contributed by atoms with Gasteiger partial charge >= 0.3 is 0 Å². The Morgan fingerprint density at radius 3 is 2.59 bits per heavy atom. The van der Waals surface area contributed by atoms with Crippen molar-refractivity contribution in [3.63, 3.8) is 0 Å². The maximum atomic E-state index is 12.9. The normalized spacial score (nSPS) is 12.8. The molecule has 2 heterocycles. The molecule has 0 radical (unpaired) electrons. The predicted molar refractivity (Wildman–Crippen MR) is 122 cm³/mol. The van der Waals surface area contributed by atoms with Crippen LogP contribution in [0.25, 0.3) is 5.69 Å². The Labute approximate surface area is 191 Å². The van der Waals surface area contributed by atoms with Gasteiger partial charge in [0.15, 0.2) is 11.5 Å². The molecule has 1 aliphatic rings. The quantitative estimate of drug-likeness (QED) is 0.481. The predicted octanol–water partition coefficient (Wildman–Crippen LogP) is 3.70. The minimum Gasteiger partial charge on any atom is -0.486 e. The fourth-order valence-electron chi connectivity index (χ4n) is 3.43. The van der Waals surface area contributed by atoms with Crippen LogP contribution in [-0.2, 0) is 11.3 Å². The minimum atomic E-state index is 0.0251. The van der Waals surface area contributed by atoms with Gasteiger partial charge in [-0.1, -0.05) is 43.8 Å². The Hall–Kier alpha value is -3.07. The second-order valence-corrected chi connectivity index (χ2v) is 8.74. The third-order valence-electron chi connectivity index (χ3n) is 5.28. The van der Waals surface area contributed by atoms with E-state index < -0.39 is 0 Å². The zero-order valence-electron chi connectivity index (χ0n) is 18.5. The van der Waals surface area contributed by atoms with Gasteiger partial charge in [0.25, 0.3) is 0 Å². The fraction of sp³-hybridized carbons (Fsp3) is 0.391. The van der Waals surface area contributed by atoms with E-state index in [2.05, 4.69) is 41.5 Å². The summed E-state index contributed by atoms with van der Waals surface area (Å²) in [6.07, 6.45) is 0. The molecule has 8 nitrogen and oxygen atoms in total. The molecule has 3 aromatic rings. The third kappa shape index (κ3) is 5.04. The lowest BCUT2D eigenvalue weighted by Gasteiger charge is -2.23. The van der Waals surface area contributed by atoms with E-state index in [0.717, 1.165) is 22.7 Å². The summed E-state index contributed by atoms with van der Waals surface area (Å²) in [6, 6.07) is 14.0. The number of amides is 1. The van der Waals surface area contributed by atoms with Crippen molar-refractivity contribution in [3.05, 3.63) is 53.6 Å². The number of nitrogens with zero attached hydrogens (tertiary/aromatic N) is 5. The van der Waals surface area contributed by atoms with E-state index >= 15 is 0 Å². The molecule has 0 fully saturated rings. The van der Waals surface area contributed by atoms with Crippen LogP contribution in [0.4, 0.5) is 0 Å². The van der Waals surface area contributed by atoms with Gasteiger partial charge in [-0.3, -0.25) is 4.79 Å². The number of hydrogen-bond donors (Lipinski definition) is 0. The topological polar surface area (TPSA) is 82.4 Å². The van der Waals surface area contributed by atoms with Gasteiger partial charge < -0.3 is 14.4 Å². The molecule has 32 heavy (non-hydrogen) atoms. The van der Waals surface area contributed by atoms with E-state index in [4.69, 9.17) is 9.47 Å². The van der Waals surface area contributed by atoms with Crippen LogP contribution in [0.3, 0.4) is 0 Å². The Morgan fingerprint density at radius 1 is 1.12 bits per heavy atom. The number of fused-ring (bicyclic) bond motifs is 1. The van der Waals surface area contributed by atoms with Crippen LogP contribution in [0.15, 0.2) is 47.6 Å². The van der Waals surface area contributed by atoms with Gasteiger partial charge in [-0.15, -0.1) is 5.10 Å². The lowest BCUT2D eigenvalue weighted by Crippen LogP contribution is -2.31. The molecule has 0 saturated carbocycles. The second kappa shape index (κ2) is 10.0. The Morgan fingerprint density at radius 2 is 1.88 bits per heavy atom. The van der Waals surface area contributed by atoms with Crippen molar-refractivity contribution in [2.45, 2.75) is 38.4 Å². The summed E-state index contributed by atoms with van der Waals surface area (Å²) < 4.78 is 12.9. The fourth-order valence-corrected chi connectivity index (χ4v) is 4.23. The first kappa shape index (κ1) is 22.1. The molecule has 2 aromatic carbocycles. The summed E-state index contributed by atoms with van der Waals surface area (Å²) in [6.45, 7) is 8.50. The van der Waals surface area contributed by atoms with E-state index in [9.17, 15) is 4.79 Å². The van der Waals surface area contributed by atoms with Crippen LogP contribution in [0.2, 0.25) is 0 Å². The summed E-state index contributed by atoms with van der Waals surface area (Å²) in [5, 5.41) is 12.6. The number of carbonyl (C=O) groups is 1. The molecular formula is C23H27N5O3S. The number of aromatic nitrogens is 4. The van der Waals surface area contributed by atoms with E-state index in [-0.39, 0.29) is 11.7 Å². The zero-order chi connectivity index (χ0) is 22.5. The molecule has 0 unspecified atom stereocenters. The molecule has 1 amide bonds. The van der Waals surface area contributed by atoms with Crippen molar-refractivity contribution in [3.8, 4) is 17.2 Å². The molecule has 168 valence electrons. The maximum absolute atomic E-state index is 12.9. The maximum Gasteiger partial charge on any atom is 0.233 e. The van der Waals surface area contributed by atoms with E-state index in [1.165, 1.54) is 17.3 Å². The Kier molecular flexibility index (Phi) is 6.94. The molecule has 0 atom stereocenters. The molecule has 1 aromatic heterocycles. The lowest BCUT2D eigenvalue weighted by molar-refractivity contribution is -0.128. The summed E-state index contributed by atoms with van der Waals surface area (Å²) in [5.74, 6) is 2.21. The average Bonchev–Trinajstić information content (AvgIpc) is 3.29. The first-order valence-electron chi connectivity index (χ1n) is 10.7. The van der Waals surface area contributed by atoms with Crippen molar-refractivity contribution in [1.82, 2.24) is 25.1 Å². The highest BCUT2D eigenvalue weighted by Crippen LogP contribution is 2.31. The largest absolute Gasteiger partial charge is 0.486 e. The van der Waals surface area contributed by atoms with Gasteiger partial charge in [-0.2, -0.15) is 4.68 Å². The monoisotopic (exact) mass is 453 g/mol. The first-order valence-corrected chi connectivity index (χ1v) is 11.7. The minimum absolute atomic E-state index is 0.0251. The first-order chi connectivity index (χ1) is 15.5. The van der Waals surface area contributed by atoms with Crippen molar-refractivity contribution >= 4 is 17.7 Å². The Balaban J connectivity index is 1.39. The molecule has 0 spiro atoms. The van der Waals surface area contributed by atoms with Crippen molar-refractivity contribution in [1.29, 1.82) is 0 Å².